The molecule has 1 aromatic carbocycles. The fourth-order valence-electron chi connectivity index (χ4n) is 1.54. The van der Waals surface area contributed by atoms with Crippen molar-refractivity contribution in [3.05, 3.63) is 66.8 Å². The predicted molar refractivity (Wildman–Crippen MR) is 68.1 cm³/mol. The molecule has 3 N–H and O–H groups in total. The van der Waals surface area contributed by atoms with Gasteiger partial charge in [-0.25, -0.2) is 4.79 Å². The standard InChI is InChI=1S/C11H10N4O4/c16-10-5-9(13-11(17)14-10)12-6-7-2-1-3-8(4-7)15(18)19/h1-5H,6H2,(H3,12,13,14,16,17). The molecule has 2 aromatic rings. The third-order valence-electron chi connectivity index (χ3n) is 2.36. The maximum Gasteiger partial charge on any atom is 0.327 e. The second-order valence-electron chi connectivity index (χ2n) is 3.78. The number of nitrogens with one attached hydrogen (secondary N) is 3. The molecule has 8 heteroatoms. The quantitative estimate of drug-likeness (QED) is 0.549. The minimum atomic E-state index is -0.617. The Hall–Kier alpha value is -2.90. The van der Waals surface area contributed by atoms with Crippen LogP contribution in [0.4, 0.5) is 11.5 Å². The minimum absolute atomic E-state index is 0.0151. The van der Waals surface area contributed by atoms with Gasteiger partial charge in [-0.05, 0) is 5.56 Å². The molecule has 0 aliphatic carbocycles. The molecule has 0 saturated heterocycles. The number of H-pyrrole nitrogens is 2. The number of rotatable bonds is 4. The van der Waals surface area contributed by atoms with Crippen LogP contribution in [0.25, 0.3) is 0 Å². The molecule has 0 fully saturated rings. The lowest BCUT2D eigenvalue weighted by atomic mass is 10.2. The maximum absolute atomic E-state index is 11.1. The average Bonchev–Trinajstić information content (AvgIpc) is 2.35. The van der Waals surface area contributed by atoms with Crippen molar-refractivity contribution in [3.63, 3.8) is 0 Å². The van der Waals surface area contributed by atoms with Gasteiger partial charge in [0.15, 0.2) is 0 Å². The first kappa shape index (κ1) is 12.6. The average molecular weight is 262 g/mol. The van der Waals surface area contributed by atoms with E-state index in [9.17, 15) is 19.7 Å². The van der Waals surface area contributed by atoms with Crippen LogP contribution in [0.1, 0.15) is 5.56 Å². The van der Waals surface area contributed by atoms with Crippen LogP contribution in [0.5, 0.6) is 0 Å². The Kier molecular flexibility index (Phi) is 3.42. The van der Waals surface area contributed by atoms with Crippen LogP contribution in [-0.4, -0.2) is 14.9 Å². The van der Waals surface area contributed by atoms with Gasteiger partial charge in [-0.3, -0.25) is 24.9 Å². The monoisotopic (exact) mass is 262 g/mol. The van der Waals surface area contributed by atoms with Crippen molar-refractivity contribution in [3.8, 4) is 0 Å². The van der Waals surface area contributed by atoms with Crippen molar-refractivity contribution in [1.29, 1.82) is 0 Å². The van der Waals surface area contributed by atoms with Crippen molar-refractivity contribution < 1.29 is 4.92 Å². The van der Waals surface area contributed by atoms with Gasteiger partial charge < -0.3 is 5.32 Å². The smallest absolute Gasteiger partial charge is 0.327 e. The molecule has 0 radical (unpaired) electrons. The molecule has 1 heterocycles. The van der Waals surface area contributed by atoms with Gasteiger partial charge in [-0.1, -0.05) is 12.1 Å². The summed E-state index contributed by atoms with van der Waals surface area (Å²) in [6.45, 7) is 0.251. The molecule has 19 heavy (non-hydrogen) atoms. The fourth-order valence-corrected chi connectivity index (χ4v) is 1.54. The SMILES string of the molecule is O=c1cc(NCc2cccc([N+](=O)[O-])c2)[nH]c(=O)[nH]1. The summed E-state index contributed by atoms with van der Waals surface area (Å²) in [6.07, 6.45) is 0. The van der Waals surface area contributed by atoms with Gasteiger partial charge in [0.1, 0.15) is 5.82 Å². The number of nitro groups is 1. The Bertz CT molecular complexity index is 691. The van der Waals surface area contributed by atoms with E-state index in [2.05, 4.69) is 10.3 Å². The van der Waals surface area contributed by atoms with Crippen LogP contribution < -0.4 is 16.6 Å². The number of aromatic nitrogens is 2. The molecule has 0 aliphatic heterocycles. The lowest BCUT2D eigenvalue weighted by Crippen LogP contribution is -2.22. The molecule has 0 bridgehead atoms. The molecule has 0 amide bonds. The van der Waals surface area contributed by atoms with Gasteiger partial charge in [-0.2, -0.15) is 0 Å². The van der Waals surface area contributed by atoms with Crippen LogP contribution in [0, 0.1) is 10.1 Å². The van der Waals surface area contributed by atoms with Crippen molar-refractivity contribution in [2.45, 2.75) is 6.54 Å². The largest absolute Gasteiger partial charge is 0.367 e. The van der Waals surface area contributed by atoms with Crippen LogP contribution in [0.15, 0.2) is 39.9 Å². The molecular formula is C11H10N4O4. The second-order valence-corrected chi connectivity index (χ2v) is 3.78. The summed E-state index contributed by atoms with van der Waals surface area (Å²) in [6, 6.07) is 7.26. The summed E-state index contributed by atoms with van der Waals surface area (Å²) in [5, 5.41) is 13.4. The van der Waals surface area contributed by atoms with Gasteiger partial charge in [-0.15, -0.1) is 0 Å². The fraction of sp³-hybridized carbons (Fsp3) is 0.0909. The first-order valence-electron chi connectivity index (χ1n) is 5.35. The molecule has 0 unspecified atom stereocenters. The molecule has 0 saturated carbocycles. The molecular weight excluding hydrogens is 252 g/mol. The summed E-state index contributed by atoms with van der Waals surface area (Å²) >= 11 is 0. The molecule has 2 rings (SSSR count). The zero-order chi connectivity index (χ0) is 13.8. The Labute approximate surface area is 106 Å². The Morgan fingerprint density at radius 2 is 2.00 bits per heavy atom. The van der Waals surface area contributed by atoms with Gasteiger partial charge in [0.05, 0.1) is 4.92 Å². The summed E-state index contributed by atoms with van der Waals surface area (Å²) < 4.78 is 0. The van der Waals surface area contributed by atoms with E-state index < -0.39 is 16.2 Å². The van der Waals surface area contributed by atoms with Crippen LogP contribution in [0.3, 0.4) is 0 Å². The minimum Gasteiger partial charge on any atom is -0.367 e. The van der Waals surface area contributed by atoms with Crippen LogP contribution in [0.2, 0.25) is 0 Å². The van der Waals surface area contributed by atoms with E-state index in [0.717, 1.165) is 0 Å². The highest BCUT2D eigenvalue weighted by molar-refractivity contribution is 5.38. The lowest BCUT2D eigenvalue weighted by molar-refractivity contribution is -0.384. The summed E-state index contributed by atoms with van der Waals surface area (Å²) in [4.78, 5) is 36.6. The number of hydrogen-bond acceptors (Lipinski definition) is 5. The zero-order valence-corrected chi connectivity index (χ0v) is 9.67. The molecule has 1 aromatic heterocycles. The Balaban J connectivity index is 2.14. The zero-order valence-electron chi connectivity index (χ0n) is 9.67. The van der Waals surface area contributed by atoms with E-state index in [1.807, 2.05) is 4.98 Å². The number of nitro benzene ring substituents is 1. The van der Waals surface area contributed by atoms with Crippen molar-refractivity contribution in [1.82, 2.24) is 9.97 Å². The number of benzene rings is 1. The molecule has 98 valence electrons. The lowest BCUT2D eigenvalue weighted by Gasteiger charge is -2.05. The van der Waals surface area contributed by atoms with Gasteiger partial charge in [0.2, 0.25) is 0 Å². The molecule has 0 spiro atoms. The van der Waals surface area contributed by atoms with E-state index >= 15 is 0 Å². The third kappa shape index (κ3) is 3.28. The van der Waals surface area contributed by atoms with E-state index in [-0.39, 0.29) is 18.1 Å². The number of aromatic amines is 2. The van der Waals surface area contributed by atoms with E-state index in [1.54, 1.807) is 12.1 Å². The van der Waals surface area contributed by atoms with E-state index in [4.69, 9.17) is 0 Å². The van der Waals surface area contributed by atoms with Crippen LogP contribution in [-0.2, 0) is 6.54 Å². The number of non-ortho nitro benzene ring substituents is 1. The third-order valence-corrected chi connectivity index (χ3v) is 2.36. The summed E-state index contributed by atoms with van der Waals surface area (Å²) in [5.41, 5.74) is -0.492. The topological polar surface area (TPSA) is 121 Å². The number of anilines is 1. The summed E-state index contributed by atoms with van der Waals surface area (Å²) in [7, 11) is 0. The first-order valence-corrected chi connectivity index (χ1v) is 5.35. The first-order chi connectivity index (χ1) is 9.04. The summed E-state index contributed by atoms with van der Waals surface area (Å²) in [5.74, 6) is 0.250. The second kappa shape index (κ2) is 5.17. The predicted octanol–water partition coefficient (Wildman–Crippen LogP) is 0.583. The molecule has 0 aliphatic rings. The van der Waals surface area contributed by atoms with Crippen molar-refractivity contribution in [2.75, 3.05) is 5.32 Å². The maximum atomic E-state index is 11.1. The van der Waals surface area contributed by atoms with E-state index in [0.29, 0.717) is 5.56 Å². The molecule has 0 atom stereocenters. The van der Waals surface area contributed by atoms with E-state index in [1.165, 1.54) is 18.2 Å². The van der Waals surface area contributed by atoms with Gasteiger partial charge in [0, 0.05) is 24.7 Å². The van der Waals surface area contributed by atoms with Crippen LogP contribution >= 0.6 is 0 Å². The molecule has 8 nitrogen and oxygen atoms in total. The Morgan fingerprint density at radius 3 is 2.68 bits per heavy atom. The number of hydrogen-bond donors (Lipinski definition) is 3. The Morgan fingerprint density at radius 1 is 1.21 bits per heavy atom. The highest BCUT2D eigenvalue weighted by Gasteiger charge is 2.05. The number of nitrogens with zero attached hydrogens (tertiary/aromatic N) is 1. The highest BCUT2D eigenvalue weighted by atomic mass is 16.6. The highest BCUT2D eigenvalue weighted by Crippen LogP contribution is 2.13. The van der Waals surface area contributed by atoms with Crippen molar-refractivity contribution >= 4 is 11.5 Å². The van der Waals surface area contributed by atoms with Crippen molar-refractivity contribution in [2.24, 2.45) is 0 Å². The normalized spacial score (nSPS) is 10.1. The van der Waals surface area contributed by atoms with Gasteiger partial charge >= 0.3 is 5.69 Å². The van der Waals surface area contributed by atoms with Gasteiger partial charge in [0.25, 0.3) is 11.2 Å².